The molecule has 0 amide bonds. The van der Waals surface area contributed by atoms with Crippen LogP contribution in [0.2, 0.25) is 0 Å². The van der Waals surface area contributed by atoms with E-state index in [-0.39, 0.29) is 5.97 Å². The van der Waals surface area contributed by atoms with Gasteiger partial charge in [0.15, 0.2) is 0 Å². The second kappa shape index (κ2) is 9.78. The molecule has 0 N–H and O–H groups in total. The van der Waals surface area contributed by atoms with Gasteiger partial charge in [0.05, 0.1) is 6.61 Å². The van der Waals surface area contributed by atoms with E-state index >= 15 is 0 Å². The molecule has 2 heteroatoms. The molecule has 0 saturated carbocycles. The zero-order valence-electron chi connectivity index (χ0n) is 8.90. The van der Waals surface area contributed by atoms with Gasteiger partial charge in [-0.25, -0.2) is 4.79 Å². The van der Waals surface area contributed by atoms with Crippen LogP contribution in [0.1, 0.15) is 26.7 Å². The Balaban J connectivity index is 3.48. The summed E-state index contributed by atoms with van der Waals surface area (Å²) in [6, 6.07) is 0. The third-order valence-corrected chi connectivity index (χ3v) is 1.48. The Bertz CT molecular complexity index is 224. The molecule has 0 aliphatic carbocycles. The van der Waals surface area contributed by atoms with Crippen LogP contribution in [0.3, 0.4) is 0 Å². The van der Waals surface area contributed by atoms with Gasteiger partial charge in [0.1, 0.15) is 0 Å². The summed E-state index contributed by atoms with van der Waals surface area (Å²) in [4.78, 5) is 10.8. The first-order chi connectivity index (χ1) is 6.81. The van der Waals surface area contributed by atoms with Gasteiger partial charge in [0.25, 0.3) is 0 Å². The summed E-state index contributed by atoms with van der Waals surface area (Å²) in [7, 11) is 0. The Hall–Kier alpha value is -1.31. The zero-order valence-corrected chi connectivity index (χ0v) is 8.90. The molecule has 0 aliphatic rings. The maximum Gasteiger partial charge on any atom is 0.330 e. The molecule has 0 unspecified atom stereocenters. The lowest BCUT2D eigenvalue weighted by Gasteiger charge is -1.93. The maximum absolute atomic E-state index is 10.8. The minimum atomic E-state index is -0.259. The Morgan fingerprint density at radius 2 is 1.93 bits per heavy atom. The molecule has 78 valence electrons. The normalized spacial score (nSPS) is 11.9. The third-order valence-electron chi connectivity index (χ3n) is 1.48. The highest BCUT2D eigenvalue weighted by molar-refractivity contribution is 5.81. The number of rotatable bonds is 6. The predicted molar refractivity (Wildman–Crippen MR) is 59.0 cm³/mol. The number of hydrogen-bond acceptors (Lipinski definition) is 2. The molecule has 0 bridgehead atoms. The molecule has 0 heterocycles. The smallest absolute Gasteiger partial charge is 0.330 e. The van der Waals surface area contributed by atoms with Crippen LogP contribution in [0.4, 0.5) is 0 Å². The van der Waals surface area contributed by atoms with Crippen LogP contribution in [0.25, 0.3) is 0 Å². The topological polar surface area (TPSA) is 26.3 Å². The third kappa shape index (κ3) is 8.78. The van der Waals surface area contributed by atoms with Gasteiger partial charge in [-0.15, -0.1) is 0 Å². The largest absolute Gasteiger partial charge is 0.463 e. The molecular formula is C12H18O2. The van der Waals surface area contributed by atoms with Crippen LogP contribution in [0, 0.1) is 0 Å². The predicted octanol–water partition coefficient (Wildman–Crippen LogP) is 3.02. The van der Waals surface area contributed by atoms with Gasteiger partial charge in [0.2, 0.25) is 0 Å². The molecule has 14 heavy (non-hydrogen) atoms. The molecule has 0 aromatic rings. The number of hydrogen-bond donors (Lipinski definition) is 0. The quantitative estimate of drug-likeness (QED) is 0.281. The van der Waals surface area contributed by atoms with Crippen molar-refractivity contribution in [1.82, 2.24) is 0 Å². The average Bonchev–Trinajstić information content (AvgIpc) is 2.17. The van der Waals surface area contributed by atoms with Gasteiger partial charge in [-0.3, -0.25) is 0 Å². The molecule has 0 radical (unpaired) electrons. The highest BCUT2D eigenvalue weighted by Gasteiger charge is 1.90. The lowest BCUT2D eigenvalue weighted by molar-refractivity contribution is -0.137. The summed E-state index contributed by atoms with van der Waals surface area (Å²) in [6.45, 7) is 4.21. The van der Waals surface area contributed by atoms with Gasteiger partial charge in [-0.05, 0) is 26.7 Å². The van der Waals surface area contributed by atoms with E-state index in [1.807, 2.05) is 31.2 Å². The monoisotopic (exact) mass is 194 g/mol. The summed E-state index contributed by atoms with van der Waals surface area (Å²) < 4.78 is 4.73. The molecular weight excluding hydrogens is 176 g/mol. The average molecular weight is 194 g/mol. The Morgan fingerprint density at radius 1 is 1.21 bits per heavy atom. The second-order valence-corrected chi connectivity index (χ2v) is 2.69. The fraction of sp³-hybridized carbons (Fsp3) is 0.417. The molecule has 0 atom stereocenters. The molecule has 0 saturated heterocycles. The van der Waals surface area contributed by atoms with Crippen LogP contribution >= 0.6 is 0 Å². The zero-order chi connectivity index (χ0) is 10.6. The van der Waals surface area contributed by atoms with Gasteiger partial charge in [-0.1, -0.05) is 30.4 Å². The summed E-state index contributed by atoms with van der Waals surface area (Å²) >= 11 is 0. The highest BCUT2D eigenvalue weighted by Crippen LogP contribution is 1.94. The SMILES string of the molecule is C/C=C\C=C\CC/C=C/C(=O)OCC. The van der Waals surface area contributed by atoms with E-state index < -0.39 is 0 Å². The minimum absolute atomic E-state index is 0.259. The highest BCUT2D eigenvalue weighted by atomic mass is 16.5. The number of carbonyl (C=O) groups excluding carboxylic acids is 1. The lowest BCUT2D eigenvalue weighted by Crippen LogP contribution is -1.98. The summed E-state index contributed by atoms with van der Waals surface area (Å²) in [5, 5.41) is 0. The Labute approximate surface area is 86.0 Å². The van der Waals surface area contributed by atoms with E-state index in [0.717, 1.165) is 12.8 Å². The van der Waals surface area contributed by atoms with Crippen molar-refractivity contribution in [2.45, 2.75) is 26.7 Å². The first-order valence-electron chi connectivity index (χ1n) is 4.92. The second-order valence-electron chi connectivity index (χ2n) is 2.69. The van der Waals surface area contributed by atoms with Crippen LogP contribution in [-0.2, 0) is 9.53 Å². The van der Waals surface area contributed by atoms with E-state index in [1.165, 1.54) is 6.08 Å². The van der Waals surface area contributed by atoms with Crippen molar-refractivity contribution in [2.24, 2.45) is 0 Å². The molecule has 0 rings (SSSR count). The van der Waals surface area contributed by atoms with E-state index in [1.54, 1.807) is 6.92 Å². The van der Waals surface area contributed by atoms with Crippen molar-refractivity contribution in [3.05, 3.63) is 36.5 Å². The van der Waals surface area contributed by atoms with Crippen molar-refractivity contribution in [1.29, 1.82) is 0 Å². The number of carbonyl (C=O) groups is 1. The van der Waals surface area contributed by atoms with E-state index in [9.17, 15) is 4.79 Å². The van der Waals surface area contributed by atoms with Crippen molar-refractivity contribution in [3.8, 4) is 0 Å². The minimum Gasteiger partial charge on any atom is -0.463 e. The first-order valence-corrected chi connectivity index (χ1v) is 4.92. The summed E-state index contributed by atoms with van der Waals surface area (Å²) in [6.07, 6.45) is 13.1. The molecule has 0 aliphatic heterocycles. The van der Waals surface area contributed by atoms with Crippen LogP contribution in [0.5, 0.6) is 0 Å². The van der Waals surface area contributed by atoms with Crippen molar-refractivity contribution in [2.75, 3.05) is 6.61 Å². The number of esters is 1. The van der Waals surface area contributed by atoms with Crippen LogP contribution < -0.4 is 0 Å². The van der Waals surface area contributed by atoms with Crippen molar-refractivity contribution >= 4 is 5.97 Å². The van der Waals surface area contributed by atoms with Gasteiger partial charge in [-0.2, -0.15) is 0 Å². The van der Waals surface area contributed by atoms with Gasteiger partial charge >= 0.3 is 5.97 Å². The standard InChI is InChI=1S/C12H18O2/c1-3-5-6-7-8-9-10-11-12(13)14-4-2/h3,5-7,10-11H,4,8-9H2,1-2H3/b5-3-,7-6+,11-10+. The fourth-order valence-electron chi connectivity index (χ4n) is 0.848. The van der Waals surface area contributed by atoms with Crippen LogP contribution in [0.15, 0.2) is 36.5 Å². The van der Waals surface area contributed by atoms with Crippen molar-refractivity contribution < 1.29 is 9.53 Å². The number of allylic oxidation sites excluding steroid dienone is 5. The van der Waals surface area contributed by atoms with Crippen LogP contribution in [-0.4, -0.2) is 12.6 Å². The van der Waals surface area contributed by atoms with E-state index in [4.69, 9.17) is 4.74 Å². The Kier molecular flexibility index (Phi) is 8.86. The van der Waals surface area contributed by atoms with E-state index in [0.29, 0.717) is 6.61 Å². The van der Waals surface area contributed by atoms with E-state index in [2.05, 4.69) is 6.08 Å². The van der Waals surface area contributed by atoms with Crippen molar-refractivity contribution in [3.63, 3.8) is 0 Å². The maximum atomic E-state index is 10.8. The molecule has 2 nitrogen and oxygen atoms in total. The number of unbranched alkanes of at least 4 members (excludes halogenated alkanes) is 1. The Morgan fingerprint density at radius 3 is 2.57 bits per heavy atom. The fourth-order valence-corrected chi connectivity index (χ4v) is 0.848. The van der Waals surface area contributed by atoms with Gasteiger partial charge < -0.3 is 4.74 Å². The summed E-state index contributed by atoms with van der Waals surface area (Å²) in [5.74, 6) is -0.259. The number of ether oxygens (including phenoxy) is 1. The molecule has 0 spiro atoms. The first kappa shape index (κ1) is 12.7. The lowest BCUT2D eigenvalue weighted by atomic mass is 10.2. The molecule has 0 fully saturated rings. The summed E-state index contributed by atoms with van der Waals surface area (Å²) in [5.41, 5.74) is 0. The molecule has 0 aromatic carbocycles. The molecule has 0 aromatic heterocycles. The van der Waals surface area contributed by atoms with Gasteiger partial charge in [0, 0.05) is 6.08 Å².